The van der Waals surface area contributed by atoms with Crippen LogP contribution in [0.15, 0.2) is 11.6 Å². The molecule has 0 aliphatic carbocycles. The Balaban J connectivity index is 1.79. The predicted octanol–water partition coefficient (Wildman–Crippen LogP) is 3.00. The van der Waals surface area contributed by atoms with Crippen LogP contribution in [0.2, 0.25) is 0 Å². The van der Waals surface area contributed by atoms with E-state index in [1.807, 2.05) is 11.6 Å². The number of halogens is 1. The van der Waals surface area contributed by atoms with Crippen LogP contribution in [0.3, 0.4) is 0 Å². The smallest absolute Gasteiger partial charge is 0.195 e. The molecule has 2 aromatic heterocycles. The molecule has 0 bridgehead atoms. The summed E-state index contributed by atoms with van der Waals surface area (Å²) in [6.07, 6.45) is 4.38. The fourth-order valence-corrected chi connectivity index (χ4v) is 3.72. The molecule has 1 aliphatic rings. The molecule has 2 aromatic rings. The minimum absolute atomic E-state index is 0.505. The van der Waals surface area contributed by atoms with Crippen LogP contribution in [0.25, 0.3) is 4.96 Å². The van der Waals surface area contributed by atoms with E-state index < -0.39 is 0 Å². The fourth-order valence-electron chi connectivity index (χ4n) is 2.75. The average molecular weight is 300 g/mol. The van der Waals surface area contributed by atoms with Gasteiger partial charge in [0.15, 0.2) is 10.8 Å². The van der Waals surface area contributed by atoms with Gasteiger partial charge in [-0.3, -0.25) is 4.40 Å². The number of imidazole rings is 1. The molecule has 3 rings (SSSR count). The zero-order valence-electron chi connectivity index (χ0n) is 11.0. The maximum absolute atomic E-state index is 6.10. The number of piperidine rings is 1. The van der Waals surface area contributed by atoms with Crippen LogP contribution in [0.1, 0.15) is 18.5 Å². The summed E-state index contributed by atoms with van der Waals surface area (Å²) in [6, 6.07) is 0. The summed E-state index contributed by atoms with van der Waals surface area (Å²) in [5.74, 6) is 2.26. The Morgan fingerprint density at radius 2 is 2.26 bits per heavy atom. The second kappa shape index (κ2) is 5.69. The van der Waals surface area contributed by atoms with E-state index in [4.69, 9.17) is 21.3 Å². The molecule has 0 radical (unpaired) electrons. The number of aromatic nitrogens is 2. The van der Waals surface area contributed by atoms with Crippen molar-refractivity contribution >= 4 is 33.7 Å². The van der Waals surface area contributed by atoms with Gasteiger partial charge in [0.2, 0.25) is 0 Å². The first-order valence-electron chi connectivity index (χ1n) is 6.57. The molecule has 19 heavy (non-hydrogen) atoms. The van der Waals surface area contributed by atoms with Gasteiger partial charge in [-0.2, -0.15) is 0 Å². The molecule has 1 fully saturated rings. The molecule has 0 unspecified atom stereocenters. The second-order valence-electron chi connectivity index (χ2n) is 4.96. The van der Waals surface area contributed by atoms with Crippen molar-refractivity contribution in [2.24, 2.45) is 5.92 Å². The highest BCUT2D eigenvalue weighted by atomic mass is 35.5. The van der Waals surface area contributed by atoms with E-state index in [2.05, 4.69) is 9.30 Å². The summed E-state index contributed by atoms with van der Waals surface area (Å²) in [6.45, 7) is 2.96. The van der Waals surface area contributed by atoms with Crippen LogP contribution in [-0.2, 0) is 10.6 Å². The molecule has 0 N–H and O–H groups in total. The van der Waals surface area contributed by atoms with Crippen molar-refractivity contribution in [3.63, 3.8) is 0 Å². The Morgan fingerprint density at radius 1 is 1.47 bits per heavy atom. The van der Waals surface area contributed by atoms with Gasteiger partial charge < -0.3 is 9.64 Å². The first-order chi connectivity index (χ1) is 9.33. The van der Waals surface area contributed by atoms with Gasteiger partial charge in [-0.05, 0) is 18.8 Å². The van der Waals surface area contributed by atoms with Gasteiger partial charge >= 0.3 is 0 Å². The Bertz CT molecular complexity index is 545. The number of hydrogen-bond donors (Lipinski definition) is 0. The van der Waals surface area contributed by atoms with Gasteiger partial charge in [-0.1, -0.05) is 0 Å². The molecule has 1 aliphatic heterocycles. The molecule has 6 heteroatoms. The van der Waals surface area contributed by atoms with Gasteiger partial charge in [0.1, 0.15) is 0 Å². The maximum atomic E-state index is 6.10. The number of methoxy groups -OCH3 is 1. The third-order valence-corrected chi connectivity index (χ3v) is 4.79. The van der Waals surface area contributed by atoms with E-state index in [1.54, 1.807) is 18.4 Å². The summed E-state index contributed by atoms with van der Waals surface area (Å²) in [4.78, 5) is 8.13. The quantitative estimate of drug-likeness (QED) is 0.813. The van der Waals surface area contributed by atoms with Crippen LogP contribution in [0.5, 0.6) is 0 Å². The van der Waals surface area contributed by atoms with E-state index in [0.29, 0.717) is 11.8 Å². The third kappa shape index (κ3) is 2.47. The summed E-state index contributed by atoms with van der Waals surface area (Å²) < 4.78 is 7.35. The Hall–Kier alpha value is -0.780. The highest BCUT2D eigenvalue weighted by molar-refractivity contribution is 7.15. The SMILES string of the molecule is COCC1CCN(c2nc3sccn3c2CCl)CC1. The first-order valence-corrected chi connectivity index (χ1v) is 7.99. The van der Waals surface area contributed by atoms with E-state index in [-0.39, 0.29) is 0 Å². The lowest BCUT2D eigenvalue weighted by Gasteiger charge is -2.32. The predicted molar refractivity (Wildman–Crippen MR) is 79.4 cm³/mol. The van der Waals surface area contributed by atoms with Crippen molar-refractivity contribution in [3.05, 3.63) is 17.3 Å². The summed E-state index contributed by atoms with van der Waals surface area (Å²) in [5.41, 5.74) is 1.11. The Labute approximate surface area is 121 Å². The highest BCUT2D eigenvalue weighted by Crippen LogP contribution is 2.29. The lowest BCUT2D eigenvalue weighted by Crippen LogP contribution is -2.35. The Morgan fingerprint density at radius 3 is 2.95 bits per heavy atom. The number of anilines is 1. The second-order valence-corrected chi connectivity index (χ2v) is 6.10. The molecule has 0 saturated carbocycles. The minimum Gasteiger partial charge on any atom is -0.384 e. The maximum Gasteiger partial charge on any atom is 0.195 e. The van der Waals surface area contributed by atoms with Crippen LogP contribution >= 0.6 is 22.9 Å². The van der Waals surface area contributed by atoms with Gasteiger partial charge in [0.25, 0.3) is 0 Å². The van der Waals surface area contributed by atoms with Crippen LogP contribution in [0.4, 0.5) is 5.82 Å². The van der Waals surface area contributed by atoms with Crippen molar-refractivity contribution in [2.75, 3.05) is 31.7 Å². The minimum atomic E-state index is 0.505. The van der Waals surface area contributed by atoms with Gasteiger partial charge in [-0.15, -0.1) is 22.9 Å². The number of thiazole rings is 1. The highest BCUT2D eigenvalue weighted by Gasteiger charge is 2.24. The van der Waals surface area contributed by atoms with E-state index in [1.165, 1.54) is 12.8 Å². The molecule has 0 amide bonds. The zero-order chi connectivity index (χ0) is 13.2. The number of alkyl halides is 1. The number of ether oxygens (including phenoxy) is 1. The normalized spacial score (nSPS) is 17.5. The van der Waals surface area contributed by atoms with E-state index in [9.17, 15) is 0 Å². The van der Waals surface area contributed by atoms with Gasteiger partial charge in [-0.25, -0.2) is 4.98 Å². The lowest BCUT2D eigenvalue weighted by molar-refractivity contribution is 0.139. The largest absolute Gasteiger partial charge is 0.384 e. The van der Waals surface area contributed by atoms with Crippen LogP contribution < -0.4 is 4.90 Å². The molecule has 4 nitrogen and oxygen atoms in total. The summed E-state index contributed by atoms with van der Waals surface area (Å²) in [7, 11) is 1.78. The average Bonchev–Trinajstić information content (AvgIpc) is 3.00. The molecule has 1 saturated heterocycles. The summed E-state index contributed by atoms with van der Waals surface area (Å²) in [5, 5.41) is 2.05. The lowest BCUT2D eigenvalue weighted by atomic mass is 9.98. The number of fused-ring (bicyclic) bond motifs is 1. The van der Waals surface area contributed by atoms with Crippen LogP contribution in [0, 0.1) is 5.92 Å². The number of hydrogen-bond acceptors (Lipinski definition) is 4. The number of rotatable bonds is 4. The molecule has 0 aromatic carbocycles. The zero-order valence-corrected chi connectivity index (χ0v) is 12.6. The van der Waals surface area contributed by atoms with Crippen LogP contribution in [-0.4, -0.2) is 36.2 Å². The molecule has 0 atom stereocenters. The molecule has 104 valence electrons. The Kier molecular flexibility index (Phi) is 3.96. The van der Waals surface area contributed by atoms with Crippen molar-refractivity contribution in [3.8, 4) is 0 Å². The first kappa shape index (κ1) is 13.2. The molecular weight excluding hydrogens is 282 g/mol. The molecule has 0 spiro atoms. The summed E-state index contributed by atoms with van der Waals surface area (Å²) >= 11 is 7.76. The van der Waals surface area contributed by atoms with Crippen molar-refractivity contribution in [1.29, 1.82) is 0 Å². The van der Waals surface area contributed by atoms with Crippen molar-refractivity contribution in [2.45, 2.75) is 18.7 Å². The van der Waals surface area contributed by atoms with Crippen molar-refractivity contribution in [1.82, 2.24) is 9.38 Å². The number of nitrogens with zero attached hydrogens (tertiary/aromatic N) is 3. The fraction of sp³-hybridized carbons (Fsp3) is 0.615. The topological polar surface area (TPSA) is 29.8 Å². The van der Waals surface area contributed by atoms with E-state index in [0.717, 1.165) is 36.2 Å². The van der Waals surface area contributed by atoms with Gasteiger partial charge in [0, 0.05) is 38.4 Å². The monoisotopic (exact) mass is 299 g/mol. The van der Waals surface area contributed by atoms with E-state index >= 15 is 0 Å². The standard InChI is InChI=1S/C13H18ClN3OS/c1-18-9-10-2-4-16(5-3-10)12-11(8-14)17-6-7-19-13(17)15-12/h6-7,10H,2-5,8-9H2,1H3. The van der Waals surface area contributed by atoms with Crippen molar-refractivity contribution < 1.29 is 4.74 Å². The third-order valence-electron chi connectivity index (χ3n) is 3.78. The molecule has 3 heterocycles. The molecular formula is C13H18ClN3OS. The van der Waals surface area contributed by atoms with Gasteiger partial charge in [0.05, 0.1) is 11.6 Å².